The van der Waals surface area contributed by atoms with Crippen molar-refractivity contribution in [2.24, 2.45) is 0 Å². The normalized spacial score (nSPS) is 10.6. The fraction of sp³-hybridized carbons (Fsp3) is 0. The van der Waals surface area contributed by atoms with Crippen LogP contribution in [0.1, 0.15) is 21.5 Å². The fourth-order valence-electron chi connectivity index (χ4n) is 2.83. The quantitative estimate of drug-likeness (QED) is 0.333. The van der Waals surface area contributed by atoms with E-state index < -0.39 is 33.4 Å². The number of hydrogen-bond donors (Lipinski definition) is 5. The Morgan fingerprint density at radius 2 is 1.67 bits per heavy atom. The van der Waals surface area contributed by atoms with Gasteiger partial charge in [0.25, 0.3) is 15.9 Å². The number of carbonyl (C=O) groups is 2. The van der Waals surface area contributed by atoms with Gasteiger partial charge in [-0.15, -0.1) is 0 Å². The van der Waals surface area contributed by atoms with Crippen molar-refractivity contribution in [3.05, 3.63) is 83.4 Å². The van der Waals surface area contributed by atoms with Crippen molar-refractivity contribution in [2.45, 2.75) is 4.90 Å². The Morgan fingerprint density at radius 1 is 0.970 bits per heavy atom. The van der Waals surface area contributed by atoms with Crippen LogP contribution in [0.2, 0.25) is 0 Å². The minimum atomic E-state index is -3.91. The van der Waals surface area contributed by atoms with Crippen LogP contribution in [0.25, 0.3) is 0 Å². The van der Waals surface area contributed by atoms with Gasteiger partial charge >= 0.3 is 5.97 Å². The van der Waals surface area contributed by atoms with Gasteiger partial charge in [-0.25, -0.2) is 13.2 Å². The van der Waals surface area contributed by atoms with Gasteiger partial charge in [-0.2, -0.15) is 5.26 Å². The van der Waals surface area contributed by atoms with E-state index in [1.54, 1.807) is 24.3 Å². The summed E-state index contributed by atoms with van der Waals surface area (Å²) < 4.78 is 27.1. The maximum atomic E-state index is 12.5. The van der Waals surface area contributed by atoms with Gasteiger partial charge in [-0.1, -0.05) is 18.2 Å². The number of phenols is 1. The number of rotatable bonds is 7. The van der Waals surface area contributed by atoms with Crippen molar-refractivity contribution in [1.29, 1.82) is 10.7 Å². The number of carboxylic acids is 1. The molecule has 5 N–H and O–H groups in total. The summed E-state index contributed by atoms with van der Waals surface area (Å²) in [5.41, 5.74) is -1.29. The third-order valence-corrected chi connectivity index (χ3v) is 5.82. The third kappa shape index (κ3) is 5.15. The first kappa shape index (κ1) is 23.0. The van der Waals surface area contributed by atoms with Gasteiger partial charge in [0.15, 0.2) is 0 Å². The van der Waals surface area contributed by atoms with Crippen LogP contribution in [0.15, 0.2) is 71.6 Å². The fourth-order valence-corrected chi connectivity index (χ4v) is 3.90. The minimum absolute atomic E-state index is 0.00793. The zero-order valence-electron chi connectivity index (χ0n) is 16.7. The lowest BCUT2D eigenvalue weighted by molar-refractivity contribution is -0.110. The second-order valence-corrected chi connectivity index (χ2v) is 8.34. The average Bonchev–Trinajstić information content (AvgIpc) is 2.79. The molecule has 166 valence electrons. The largest absolute Gasteiger partial charge is 0.507 e. The van der Waals surface area contributed by atoms with Crippen LogP contribution in [0, 0.1) is 16.7 Å². The molecule has 33 heavy (non-hydrogen) atoms. The van der Waals surface area contributed by atoms with Gasteiger partial charge in [0.05, 0.1) is 33.5 Å². The molecule has 0 atom stereocenters. The lowest BCUT2D eigenvalue weighted by Crippen LogP contribution is -2.24. The standard InChI is InChI=1S/C22H16N4O6S/c23-12-13-6-9-18(17(10-13)22(29)30)25-21(28)20(24)16-8-7-14(11-19(16)27)26-33(31,32)15-4-2-1-3-5-15/h1-11,24,26-27H,(H,25,28)(H,29,30). The molecule has 0 saturated carbocycles. The number of sulfonamides is 1. The van der Waals surface area contributed by atoms with Crippen molar-refractivity contribution in [1.82, 2.24) is 0 Å². The Balaban J connectivity index is 1.80. The molecule has 0 aliphatic rings. The van der Waals surface area contributed by atoms with Crippen molar-refractivity contribution in [2.75, 3.05) is 10.0 Å². The van der Waals surface area contributed by atoms with Gasteiger partial charge < -0.3 is 15.5 Å². The van der Waals surface area contributed by atoms with E-state index in [4.69, 9.17) is 10.7 Å². The Kier molecular flexibility index (Phi) is 6.41. The Hall–Kier alpha value is -4.69. The van der Waals surface area contributed by atoms with Crippen LogP contribution < -0.4 is 10.0 Å². The SMILES string of the molecule is N#Cc1ccc(NC(=O)C(=N)c2ccc(NS(=O)(=O)c3ccccc3)cc2O)c(C(=O)O)c1. The van der Waals surface area contributed by atoms with Crippen LogP contribution in [-0.4, -0.2) is 36.2 Å². The van der Waals surface area contributed by atoms with E-state index in [9.17, 15) is 28.2 Å². The molecule has 3 aromatic rings. The van der Waals surface area contributed by atoms with Gasteiger partial charge in [-0.3, -0.25) is 14.9 Å². The first-order valence-electron chi connectivity index (χ1n) is 9.21. The number of anilines is 2. The maximum absolute atomic E-state index is 12.5. The number of nitriles is 1. The Labute approximate surface area is 188 Å². The van der Waals surface area contributed by atoms with Crippen molar-refractivity contribution in [3.63, 3.8) is 0 Å². The molecule has 3 rings (SSSR count). The van der Waals surface area contributed by atoms with Crippen molar-refractivity contribution in [3.8, 4) is 11.8 Å². The summed E-state index contributed by atoms with van der Waals surface area (Å²) in [5, 5.41) is 38.8. The number of aromatic carboxylic acids is 1. The molecular formula is C22H16N4O6S. The number of amides is 1. The zero-order chi connectivity index (χ0) is 24.2. The molecule has 0 fully saturated rings. The highest BCUT2D eigenvalue weighted by molar-refractivity contribution is 7.92. The number of hydrogen-bond acceptors (Lipinski definition) is 7. The van der Waals surface area contributed by atoms with E-state index in [1.807, 2.05) is 0 Å². The van der Waals surface area contributed by atoms with Gasteiger partial charge in [-0.05, 0) is 42.5 Å². The predicted octanol–water partition coefficient (Wildman–Crippen LogP) is 2.77. The maximum Gasteiger partial charge on any atom is 0.337 e. The van der Waals surface area contributed by atoms with Crippen LogP contribution in [-0.2, 0) is 14.8 Å². The van der Waals surface area contributed by atoms with Crippen molar-refractivity contribution < 1.29 is 28.2 Å². The first-order chi connectivity index (χ1) is 15.6. The molecule has 0 unspecified atom stereocenters. The molecule has 0 aliphatic carbocycles. The second kappa shape index (κ2) is 9.21. The molecule has 0 spiro atoms. The summed E-state index contributed by atoms with van der Waals surface area (Å²) in [7, 11) is -3.91. The van der Waals surface area contributed by atoms with E-state index in [2.05, 4.69) is 10.0 Å². The molecule has 3 aromatic carbocycles. The molecule has 0 aromatic heterocycles. The molecule has 0 bridgehead atoms. The Bertz CT molecular complexity index is 1410. The van der Waals surface area contributed by atoms with Crippen LogP contribution in [0.5, 0.6) is 5.75 Å². The number of nitrogens with one attached hydrogen (secondary N) is 3. The van der Waals surface area contributed by atoms with Crippen LogP contribution >= 0.6 is 0 Å². The van der Waals surface area contributed by atoms with Gasteiger partial charge in [0.2, 0.25) is 0 Å². The van der Waals surface area contributed by atoms with Crippen LogP contribution in [0.3, 0.4) is 0 Å². The number of carbonyl (C=O) groups excluding carboxylic acids is 1. The average molecular weight is 464 g/mol. The molecule has 11 heteroatoms. The monoisotopic (exact) mass is 464 g/mol. The van der Waals surface area contributed by atoms with E-state index in [0.717, 1.165) is 12.1 Å². The smallest absolute Gasteiger partial charge is 0.337 e. The number of nitrogens with zero attached hydrogens (tertiary/aromatic N) is 1. The highest BCUT2D eigenvalue weighted by atomic mass is 32.2. The number of aromatic hydroxyl groups is 1. The van der Waals surface area contributed by atoms with E-state index in [-0.39, 0.29) is 33.0 Å². The zero-order valence-corrected chi connectivity index (χ0v) is 17.6. The molecule has 1 amide bonds. The summed E-state index contributed by atoms with van der Waals surface area (Å²) in [6.45, 7) is 0. The van der Waals surface area contributed by atoms with E-state index in [0.29, 0.717) is 0 Å². The van der Waals surface area contributed by atoms with E-state index >= 15 is 0 Å². The van der Waals surface area contributed by atoms with Gasteiger partial charge in [0.1, 0.15) is 11.5 Å². The summed E-state index contributed by atoms with van der Waals surface area (Å²) in [6, 6.07) is 16.4. The molecule has 0 radical (unpaired) electrons. The van der Waals surface area contributed by atoms with Crippen LogP contribution in [0.4, 0.5) is 11.4 Å². The van der Waals surface area contributed by atoms with Gasteiger partial charge in [0, 0.05) is 11.6 Å². The second-order valence-electron chi connectivity index (χ2n) is 6.66. The predicted molar refractivity (Wildman–Crippen MR) is 119 cm³/mol. The summed E-state index contributed by atoms with van der Waals surface area (Å²) in [6.07, 6.45) is 0. The van der Waals surface area contributed by atoms with Crippen molar-refractivity contribution >= 4 is 39.0 Å². The minimum Gasteiger partial charge on any atom is -0.507 e. The molecule has 10 nitrogen and oxygen atoms in total. The Morgan fingerprint density at radius 3 is 2.27 bits per heavy atom. The topological polar surface area (TPSA) is 180 Å². The number of phenolic OH excluding ortho intramolecular Hbond substituents is 1. The lowest BCUT2D eigenvalue weighted by Gasteiger charge is -2.12. The summed E-state index contributed by atoms with van der Waals surface area (Å²) in [5.74, 6) is -2.94. The highest BCUT2D eigenvalue weighted by Gasteiger charge is 2.20. The highest BCUT2D eigenvalue weighted by Crippen LogP contribution is 2.25. The third-order valence-electron chi connectivity index (χ3n) is 4.43. The summed E-state index contributed by atoms with van der Waals surface area (Å²) >= 11 is 0. The lowest BCUT2D eigenvalue weighted by atomic mass is 10.1. The molecule has 0 saturated heterocycles. The van der Waals surface area contributed by atoms with E-state index in [1.165, 1.54) is 36.4 Å². The molecular weight excluding hydrogens is 448 g/mol. The number of carboxylic acid groups (broad SMARTS) is 1. The summed E-state index contributed by atoms with van der Waals surface area (Å²) in [4.78, 5) is 23.9. The molecule has 0 aliphatic heterocycles. The first-order valence-corrected chi connectivity index (χ1v) is 10.7. The number of benzene rings is 3. The molecule has 0 heterocycles.